The summed E-state index contributed by atoms with van der Waals surface area (Å²) in [5.41, 5.74) is 0.983. The van der Waals surface area contributed by atoms with Crippen LogP contribution in [0.1, 0.15) is 0 Å². The van der Waals surface area contributed by atoms with Crippen molar-refractivity contribution in [3.05, 3.63) is 58.6 Å². The van der Waals surface area contributed by atoms with Gasteiger partial charge in [-0.15, -0.1) is 0 Å². The Morgan fingerprint density at radius 1 is 1.18 bits per heavy atom. The number of benzene rings is 2. The molecule has 6 heteroatoms. The lowest BCUT2D eigenvalue weighted by molar-refractivity contribution is -0.384. The van der Waals surface area contributed by atoms with E-state index in [2.05, 4.69) is 0 Å². The second-order valence-corrected chi connectivity index (χ2v) is 5.15. The number of ether oxygens (including phenoxy) is 2. The predicted octanol–water partition coefficient (Wildman–Crippen LogP) is 2.87. The van der Waals surface area contributed by atoms with E-state index in [-0.39, 0.29) is 11.8 Å². The summed E-state index contributed by atoms with van der Waals surface area (Å²) in [5.74, 6) is 1.51. The molecule has 0 saturated carbocycles. The summed E-state index contributed by atoms with van der Waals surface area (Å²) < 4.78 is 11.6. The Bertz CT molecular complexity index is 672. The van der Waals surface area contributed by atoms with Crippen LogP contribution < -0.4 is 14.4 Å². The zero-order chi connectivity index (χ0) is 15.5. The molecule has 6 nitrogen and oxygen atoms in total. The monoisotopic (exact) mass is 300 g/mol. The van der Waals surface area contributed by atoms with Gasteiger partial charge in [-0.05, 0) is 24.3 Å². The number of fused-ring (bicyclic) bond motifs is 1. The van der Waals surface area contributed by atoms with Crippen LogP contribution in [0.5, 0.6) is 11.5 Å². The number of rotatable bonds is 4. The van der Waals surface area contributed by atoms with Gasteiger partial charge in [-0.1, -0.05) is 12.1 Å². The van der Waals surface area contributed by atoms with Crippen LogP contribution in [0.15, 0.2) is 48.5 Å². The summed E-state index contributed by atoms with van der Waals surface area (Å²) in [5, 5.41) is 10.7. The number of nitro groups is 1. The highest BCUT2D eigenvalue weighted by Gasteiger charge is 2.22. The van der Waals surface area contributed by atoms with Gasteiger partial charge in [0.2, 0.25) is 0 Å². The van der Waals surface area contributed by atoms with Gasteiger partial charge in [-0.3, -0.25) is 10.1 Å². The lowest BCUT2D eigenvalue weighted by Gasteiger charge is -2.30. The van der Waals surface area contributed by atoms with Crippen LogP contribution in [0.4, 0.5) is 11.4 Å². The molecule has 1 aliphatic heterocycles. The first-order valence-electron chi connectivity index (χ1n) is 6.97. The quantitative estimate of drug-likeness (QED) is 0.641. The van der Waals surface area contributed by atoms with Crippen LogP contribution in [0, 0.1) is 10.1 Å². The van der Waals surface area contributed by atoms with Crippen molar-refractivity contribution >= 4 is 11.4 Å². The van der Waals surface area contributed by atoms with Crippen molar-refractivity contribution in [2.75, 3.05) is 25.1 Å². The Morgan fingerprint density at radius 3 is 2.55 bits per heavy atom. The number of hydrogen-bond donors (Lipinski definition) is 0. The van der Waals surface area contributed by atoms with Crippen molar-refractivity contribution < 1.29 is 14.4 Å². The minimum absolute atomic E-state index is 0.0864. The summed E-state index contributed by atoms with van der Waals surface area (Å²) in [6.45, 7) is 1.11. The van der Waals surface area contributed by atoms with Crippen molar-refractivity contribution in [3.63, 3.8) is 0 Å². The predicted molar refractivity (Wildman–Crippen MR) is 82.7 cm³/mol. The highest BCUT2D eigenvalue weighted by Crippen LogP contribution is 2.31. The molecule has 0 bridgehead atoms. The van der Waals surface area contributed by atoms with Gasteiger partial charge in [0.05, 0.1) is 11.5 Å². The van der Waals surface area contributed by atoms with E-state index >= 15 is 0 Å². The maximum absolute atomic E-state index is 10.7. The van der Waals surface area contributed by atoms with Gasteiger partial charge in [0, 0.05) is 24.9 Å². The maximum atomic E-state index is 10.7. The van der Waals surface area contributed by atoms with E-state index in [9.17, 15) is 10.1 Å². The number of nitro benzene ring substituents is 1. The van der Waals surface area contributed by atoms with Gasteiger partial charge in [0.1, 0.15) is 6.61 Å². The maximum Gasteiger partial charge on any atom is 0.269 e. The van der Waals surface area contributed by atoms with Crippen LogP contribution in [0.25, 0.3) is 0 Å². The van der Waals surface area contributed by atoms with Gasteiger partial charge in [-0.25, -0.2) is 0 Å². The van der Waals surface area contributed by atoms with E-state index in [1.54, 1.807) is 12.1 Å². The molecule has 1 heterocycles. The zero-order valence-electron chi connectivity index (χ0n) is 12.1. The van der Waals surface area contributed by atoms with Crippen molar-refractivity contribution in [2.24, 2.45) is 0 Å². The minimum atomic E-state index is -0.404. The molecule has 0 N–H and O–H groups in total. The smallest absolute Gasteiger partial charge is 0.269 e. The molecule has 3 rings (SSSR count). The molecule has 114 valence electrons. The SMILES string of the molecule is CN(CC1COc2ccccc2O1)c1ccc([N+](=O)[O-])cc1. The Morgan fingerprint density at radius 2 is 1.86 bits per heavy atom. The Hall–Kier alpha value is -2.76. The van der Waals surface area contributed by atoms with Gasteiger partial charge < -0.3 is 14.4 Å². The molecule has 1 atom stereocenters. The van der Waals surface area contributed by atoms with E-state index in [1.807, 2.05) is 36.2 Å². The minimum Gasteiger partial charge on any atom is -0.486 e. The van der Waals surface area contributed by atoms with Gasteiger partial charge >= 0.3 is 0 Å². The second-order valence-electron chi connectivity index (χ2n) is 5.15. The van der Waals surface area contributed by atoms with Crippen LogP contribution in [0.3, 0.4) is 0 Å². The Labute approximate surface area is 128 Å². The second kappa shape index (κ2) is 5.93. The van der Waals surface area contributed by atoms with Gasteiger partial charge in [-0.2, -0.15) is 0 Å². The molecule has 22 heavy (non-hydrogen) atoms. The first-order chi connectivity index (χ1) is 10.6. The molecule has 0 saturated heterocycles. The van der Waals surface area contributed by atoms with E-state index in [0.717, 1.165) is 17.2 Å². The molecule has 0 radical (unpaired) electrons. The number of likely N-dealkylation sites (N-methyl/N-ethyl adjacent to an activating group) is 1. The summed E-state index contributed by atoms with van der Waals surface area (Å²) in [6.07, 6.45) is -0.0879. The Kier molecular flexibility index (Phi) is 3.82. The number of anilines is 1. The number of hydrogen-bond acceptors (Lipinski definition) is 5. The van der Waals surface area contributed by atoms with Crippen LogP contribution in [-0.4, -0.2) is 31.2 Å². The largest absolute Gasteiger partial charge is 0.486 e. The lowest BCUT2D eigenvalue weighted by Crippen LogP contribution is -2.39. The highest BCUT2D eigenvalue weighted by atomic mass is 16.6. The lowest BCUT2D eigenvalue weighted by atomic mass is 10.2. The molecular weight excluding hydrogens is 284 g/mol. The van der Waals surface area contributed by atoms with E-state index in [1.165, 1.54) is 12.1 Å². The fourth-order valence-corrected chi connectivity index (χ4v) is 2.39. The van der Waals surface area contributed by atoms with Gasteiger partial charge in [0.15, 0.2) is 17.6 Å². The number of nitrogens with zero attached hydrogens (tertiary/aromatic N) is 2. The third-order valence-corrected chi connectivity index (χ3v) is 3.55. The van der Waals surface area contributed by atoms with Crippen LogP contribution in [0.2, 0.25) is 0 Å². The van der Waals surface area contributed by atoms with Crippen molar-refractivity contribution in [3.8, 4) is 11.5 Å². The fourth-order valence-electron chi connectivity index (χ4n) is 2.39. The molecule has 2 aromatic carbocycles. The molecule has 0 aromatic heterocycles. The standard InChI is InChI=1S/C16H16N2O4/c1-17(12-6-8-13(9-7-12)18(19)20)10-14-11-21-15-4-2-3-5-16(15)22-14/h2-9,14H,10-11H2,1H3. The molecule has 0 fully saturated rings. The third kappa shape index (κ3) is 2.95. The first-order valence-corrected chi connectivity index (χ1v) is 6.97. The summed E-state index contributed by atoms with van der Waals surface area (Å²) in [7, 11) is 1.92. The van der Waals surface area contributed by atoms with Crippen molar-refractivity contribution in [1.29, 1.82) is 0 Å². The van der Waals surface area contributed by atoms with E-state index in [4.69, 9.17) is 9.47 Å². The third-order valence-electron chi connectivity index (χ3n) is 3.55. The topological polar surface area (TPSA) is 64.8 Å². The molecule has 1 unspecified atom stereocenters. The highest BCUT2D eigenvalue weighted by molar-refractivity contribution is 5.50. The number of non-ortho nitro benzene ring substituents is 1. The first kappa shape index (κ1) is 14.2. The molecule has 0 aliphatic carbocycles. The summed E-state index contributed by atoms with van der Waals surface area (Å²) in [4.78, 5) is 12.3. The van der Waals surface area contributed by atoms with Crippen LogP contribution >= 0.6 is 0 Å². The zero-order valence-corrected chi connectivity index (χ0v) is 12.1. The summed E-state index contributed by atoms with van der Waals surface area (Å²) in [6, 6.07) is 14.0. The molecular formula is C16H16N2O4. The van der Waals surface area contributed by atoms with Gasteiger partial charge in [0.25, 0.3) is 5.69 Å². The molecule has 0 amide bonds. The number of para-hydroxylation sites is 2. The molecule has 2 aromatic rings. The van der Waals surface area contributed by atoms with Crippen molar-refractivity contribution in [1.82, 2.24) is 0 Å². The van der Waals surface area contributed by atoms with Crippen LogP contribution in [-0.2, 0) is 0 Å². The van der Waals surface area contributed by atoms with E-state index < -0.39 is 4.92 Å². The fraction of sp³-hybridized carbons (Fsp3) is 0.250. The Balaban J connectivity index is 1.65. The van der Waals surface area contributed by atoms with Crippen molar-refractivity contribution in [2.45, 2.75) is 6.10 Å². The summed E-state index contributed by atoms with van der Waals surface area (Å²) >= 11 is 0. The molecule has 1 aliphatic rings. The normalized spacial score (nSPS) is 16.1. The molecule has 0 spiro atoms. The van der Waals surface area contributed by atoms with E-state index in [0.29, 0.717) is 13.2 Å². The average molecular weight is 300 g/mol. The average Bonchev–Trinajstić information content (AvgIpc) is 2.55.